The summed E-state index contributed by atoms with van der Waals surface area (Å²) in [6.45, 7) is 9.14. The van der Waals surface area contributed by atoms with Crippen LogP contribution in [0.3, 0.4) is 0 Å². The Morgan fingerprint density at radius 3 is 2.71 bits per heavy atom. The van der Waals surface area contributed by atoms with Crippen LogP contribution in [0.25, 0.3) is 6.08 Å². The maximum Gasteiger partial charge on any atom is 0.415 e. The second-order valence-corrected chi connectivity index (χ2v) is 9.58. The van der Waals surface area contributed by atoms with Gasteiger partial charge in [-0.3, -0.25) is 9.80 Å². The molecule has 0 saturated carbocycles. The fraction of sp³-hybridized carbons (Fsp3) is 0.542. The minimum atomic E-state index is -0.471. The fourth-order valence-electron chi connectivity index (χ4n) is 4.54. The summed E-state index contributed by atoms with van der Waals surface area (Å²) in [7, 11) is 0. The van der Waals surface area contributed by atoms with Crippen LogP contribution in [0.1, 0.15) is 45.1 Å². The molecule has 184 valence electrons. The number of nitrogens with one attached hydrogen (secondary N) is 1. The molecule has 1 N–H and O–H groups in total. The number of carbonyl (C=O) groups is 2. The van der Waals surface area contributed by atoms with Crippen molar-refractivity contribution in [3.05, 3.63) is 34.5 Å². The Bertz CT molecular complexity index is 967. The van der Waals surface area contributed by atoms with E-state index >= 15 is 0 Å². The zero-order chi connectivity index (χ0) is 24.1. The molecule has 2 amide bonds. The van der Waals surface area contributed by atoms with Crippen LogP contribution in [0.15, 0.2) is 28.1 Å². The van der Waals surface area contributed by atoms with Crippen molar-refractivity contribution in [2.75, 3.05) is 39.3 Å². The molecule has 2 fully saturated rings. The first-order chi connectivity index (χ1) is 16.5. The van der Waals surface area contributed by atoms with Crippen molar-refractivity contribution in [2.24, 2.45) is 4.99 Å². The van der Waals surface area contributed by atoms with E-state index in [1.54, 1.807) is 11.0 Å². The number of rotatable bonds is 5. The first-order valence-corrected chi connectivity index (χ1v) is 12.8. The van der Waals surface area contributed by atoms with E-state index in [9.17, 15) is 14.0 Å². The van der Waals surface area contributed by atoms with Crippen molar-refractivity contribution in [1.82, 2.24) is 20.2 Å². The number of amides is 2. The van der Waals surface area contributed by atoms with E-state index in [-0.39, 0.29) is 11.7 Å². The molecule has 0 aliphatic carbocycles. The monoisotopic (exact) mass is 489 g/mol. The number of hydrazine groups is 1. The second kappa shape index (κ2) is 11.3. The molecule has 1 aromatic rings. The van der Waals surface area contributed by atoms with Crippen LogP contribution in [0, 0.1) is 5.82 Å². The minimum Gasteiger partial charge on any atom is -0.410 e. The third-order valence-electron chi connectivity index (χ3n) is 6.46. The molecule has 0 bridgehead atoms. The SMILES string of the molecule is CCN(CC)C1CCN(C(=O)Oc2ccc(F)cc2/C=C2/SC(N3CCCCN3)=NC2=O)CC1. The van der Waals surface area contributed by atoms with Crippen LogP contribution < -0.4 is 10.2 Å². The first kappa shape index (κ1) is 24.7. The van der Waals surface area contributed by atoms with Crippen LogP contribution in [0.2, 0.25) is 0 Å². The van der Waals surface area contributed by atoms with E-state index in [0.717, 1.165) is 51.9 Å². The molecule has 10 heteroatoms. The van der Waals surface area contributed by atoms with E-state index in [0.29, 0.717) is 34.8 Å². The largest absolute Gasteiger partial charge is 0.415 e. The summed E-state index contributed by atoms with van der Waals surface area (Å²) < 4.78 is 19.7. The molecule has 3 aliphatic heterocycles. The summed E-state index contributed by atoms with van der Waals surface area (Å²) in [4.78, 5) is 33.9. The number of benzene rings is 1. The number of nitrogens with zero attached hydrogens (tertiary/aromatic N) is 4. The molecular weight excluding hydrogens is 457 g/mol. The van der Waals surface area contributed by atoms with Crippen LogP contribution in [-0.2, 0) is 4.79 Å². The third-order valence-corrected chi connectivity index (χ3v) is 7.47. The molecule has 1 aromatic carbocycles. The molecule has 3 heterocycles. The number of piperidine rings is 1. The van der Waals surface area contributed by atoms with Gasteiger partial charge in [-0.15, -0.1) is 0 Å². The Kier molecular flexibility index (Phi) is 8.23. The molecule has 34 heavy (non-hydrogen) atoms. The molecule has 0 radical (unpaired) electrons. The fourth-order valence-corrected chi connectivity index (χ4v) is 5.45. The van der Waals surface area contributed by atoms with Crippen LogP contribution in [0.4, 0.5) is 9.18 Å². The molecule has 4 rings (SSSR count). The van der Waals surface area contributed by atoms with Gasteiger partial charge in [-0.25, -0.2) is 14.6 Å². The van der Waals surface area contributed by atoms with Gasteiger partial charge < -0.3 is 14.5 Å². The Morgan fingerprint density at radius 1 is 1.26 bits per heavy atom. The van der Waals surface area contributed by atoms with Crippen molar-refractivity contribution >= 4 is 35.0 Å². The van der Waals surface area contributed by atoms with Crippen molar-refractivity contribution in [2.45, 2.75) is 45.6 Å². The number of hydrogen-bond acceptors (Lipinski definition) is 7. The van der Waals surface area contributed by atoms with Gasteiger partial charge in [-0.1, -0.05) is 13.8 Å². The molecular formula is C24H32FN5O3S. The lowest BCUT2D eigenvalue weighted by atomic mass is 10.0. The maximum atomic E-state index is 14.0. The lowest BCUT2D eigenvalue weighted by Gasteiger charge is -2.37. The van der Waals surface area contributed by atoms with Crippen LogP contribution in [-0.4, -0.2) is 77.3 Å². The van der Waals surface area contributed by atoms with Gasteiger partial charge in [0.2, 0.25) is 0 Å². The second-order valence-electron chi connectivity index (χ2n) is 8.57. The lowest BCUT2D eigenvalue weighted by Crippen LogP contribution is -2.47. The number of thioether (sulfide) groups is 1. The number of hydrogen-bond donors (Lipinski definition) is 1. The topological polar surface area (TPSA) is 77.5 Å². The Balaban J connectivity index is 1.43. The Hall–Kier alpha value is -2.43. The van der Waals surface area contributed by atoms with E-state index in [4.69, 9.17) is 4.74 Å². The number of likely N-dealkylation sites (tertiary alicyclic amines) is 1. The van der Waals surface area contributed by atoms with Crippen molar-refractivity contribution < 1.29 is 18.7 Å². The standard InChI is InChI=1S/C24H32FN5O3S/c1-3-28(4-2)19-9-13-29(14-10-19)24(32)33-20-8-7-18(25)15-17(20)16-21-22(31)27-23(34-21)30-12-6-5-11-26-30/h7-8,15-16,19,26H,3-6,9-14H2,1-2H3/b21-16+. The third kappa shape index (κ3) is 5.79. The summed E-state index contributed by atoms with van der Waals surface area (Å²) in [5.41, 5.74) is 3.57. The van der Waals surface area contributed by atoms with Gasteiger partial charge in [0.1, 0.15) is 11.6 Å². The van der Waals surface area contributed by atoms with Gasteiger partial charge in [-0.2, -0.15) is 4.99 Å². The molecule has 3 aliphatic rings. The van der Waals surface area contributed by atoms with E-state index in [1.807, 2.05) is 5.01 Å². The average Bonchev–Trinajstić information content (AvgIpc) is 3.22. The molecule has 0 aromatic heterocycles. The van der Waals surface area contributed by atoms with Crippen LogP contribution >= 0.6 is 11.8 Å². The first-order valence-electron chi connectivity index (χ1n) is 12.0. The minimum absolute atomic E-state index is 0.225. The Morgan fingerprint density at radius 2 is 2.03 bits per heavy atom. The highest BCUT2D eigenvalue weighted by atomic mass is 32.2. The molecule has 2 saturated heterocycles. The summed E-state index contributed by atoms with van der Waals surface area (Å²) in [6.07, 6.45) is 4.99. The molecule has 0 unspecified atom stereocenters. The van der Waals surface area contributed by atoms with E-state index < -0.39 is 11.9 Å². The van der Waals surface area contributed by atoms with Crippen molar-refractivity contribution in [3.63, 3.8) is 0 Å². The van der Waals surface area contributed by atoms with Crippen molar-refractivity contribution in [3.8, 4) is 5.75 Å². The highest BCUT2D eigenvalue weighted by Crippen LogP contribution is 2.33. The molecule has 8 nitrogen and oxygen atoms in total. The van der Waals surface area contributed by atoms with Crippen LogP contribution in [0.5, 0.6) is 5.75 Å². The van der Waals surface area contributed by atoms with Crippen molar-refractivity contribution in [1.29, 1.82) is 0 Å². The van der Waals surface area contributed by atoms with Gasteiger partial charge in [0, 0.05) is 37.8 Å². The van der Waals surface area contributed by atoms with Gasteiger partial charge in [0.25, 0.3) is 5.91 Å². The summed E-state index contributed by atoms with van der Waals surface area (Å²) >= 11 is 1.24. The lowest BCUT2D eigenvalue weighted by molar-refractivity contribution is -0.113. The molecule has 0 spiro atoms. The van der Waals surface area contributed by atoms with Gasteiger partial charge in [-0.05, 0) is 74.8 Å². The summed E-state index contributed by atoms with van der Waals surface area (Å²) in [5, 5.41) is 2.46. The highest BCUT2D eigenvalue weighted by Gasteiger charge is 2.29. The summed E-state index contributed by atoms with van der Waals surface area (Å²) in [6, 6.07) is 4.42. The number of amidine groups is 1. The number of ether oxygens (including phenoxy) is 1. The summed E-state index contributed by atoms with van der Waals surface area (Å²) in [5.74, 6) is -0.629. The predicted octanol–water partition coefficient (Wildman–Crippen LogP) is 3.70. The van der Waals surface area contributed by atoms with Gasteiger partial charge in [0.05, 0.1) is 4.91 Å². The zero-order valence-corrected chi connectivity index (χ0v) is 20.6. The quantitative estimate of drug-likeness (QED) is 0.632. The van der Waals surface area contributed by atoms with E-state index in [2.05, 4.69) is 29.2 Å². The van der Waals surface area contributed by atoms with E-state index in [1.165, 1.54) is 30.0 Å². The maximum absolute atomic E-state index is 14.0. The smallest absolute Gasteiger partial charge is 0.410 e. The normalized spacial score (nSPS) is 20.9. The number of carbonyl (C=O) groups excluding carboxylic acids is 2. The highest BCUT2D eigenvalue weighted by molar-refractivity contribution is 8.18. The van der Waals surface area contributed by atoms with Gasteiger partial charge in [0.15, 0.2) is 5.17 Å². The van der Waals surface area contributed by atoms with Gasteiger partial charge >= 0.3 is 6.09 Å². The Labute approximate surface area is 204 Å². The average molecular weight is 490 g/mol. The predicted molar refractivity (Wildman–Crippen MR) is 132 cm³/mol. The number of aliphatic imine (C=N–C) groups is 1. The number of halogens is 1. The zero-order valence-electron chi connectivity index (χ0n) is 19.8. The molecule has 0 atom stereocenters.